The molecule has 4 nitrogen and oxygen atoms in total. The summed E-state index contributed by atoms with van der Waals surface area (Å²) in [6.45, 7) is 9.88. The van der Waals surface area contributed by atoms with Gasteiger partial charge in [0.25, 0.3) is 0 Å². The van der Waals surface area contributed by atoms with E-state index in [1.165, 1.54) is 0 Å². The lowest BCUT2D eigenvalue weighted by molar-refractivity contribution is 0.190. The summed E-state index contributed by atoms with van der Waals surface area (Å²) in [5, 5.41) is -0.786. The second-order valence-corrected chi connectivity index (χ2v) is 6.29. The van der Waals surface area contributed by atoms with Gasteiger partial charge in [-0.2, -0.15) is 0 Å². The van der Waals surface area contributed by atoms with Crippen LogP contribution in [0.1, 0.15) is 34.6 Å². The smallest absolute Gasteiger partial charge is 0.350 e. The summed E-state index contributed by atoms with van der Waals surface area (Å²) in [5.74, 6) is 0. The molecule has 1 aliphatic rings. The normalized spacial score (nSPS) is 30.4. The van der Waals surface area contributed by atoms with E-state index in [-0.39, 0.29) is 0 Å². The summed E-state index contributed by atoms with van der Waals surface area (Å²) in [4.78, 5) is 0. The molecule has 0 amide bonds. The van der Waals surface area contributed by atoms with Crippen molar-refractivity contribution in [3.8, 4) is 0 Å². The highest BCUT2D eigenvalue weighted by molar-refractivity contribution is 7.55. The third-order valence-corrected chi connectivity index (χ3v) is 5.52. The molecule has 5 heteroatoms. The van der Waals surface area contributed by atoms with Gasteiger partial charge in [0.1, 0.15) is 5.60 Å². The van der Waals surface area contributed by atoms with Gasteiger partial charge in [-0.3, -0.25) is 4.57 Å². The molecule has 1 atom stereocenters. The highest BCUT2D eigenvalue weighted by Gasteiger charge is 2.72. The summed E-state index contributed by atoms with van der Waals surface area (Å²) in [6.07, 6.45) is 0. The van der Waals surface area contributed by atoms with Crippen LogP contribution in [0.4, 0.5) is 0 Å². The van der Waals surface area contributed by atoms with E-state index in [9.17, 15) is 4.57 Å². The molecule has 1 unspecified atom stereocenters. The minimum absolute atomic E-state index is 0.367. The van der Waals surface area contributed by atoms with Crippen molar-refractivity contribution in [2.45, 2.75) is 45.6 Å². The minimum Gasteiger partial charge on any atom is -0.350 e. The maximum absolute atomic E-state index is 12.3. The lowest BCUT2D eigenvalue weighted by atomic mass is 10.1. The maximum atomic E-state index is 12.3. The van der Waals surface area contributed by atoms with E-state index in [1.54, 1.807) is 20.8 Å². The third-order valence-electron chi connectivity index (χ3n) is 2.65. The highest BCUT2D eigenvalue weighted by atomic mass is 31.2. The zero-order valence-electron chi connectivity index (χ0n) is 9.49. The van der Waals surface area contributed by atoms with Crippen molar-refractivity contribution < 1.29 is 18.3 Å². The van der Waals surface area contributed by atoms with Crippen LogP contribution in [0, 0.1) is 0 Å². The SMILES string of the molecule is CCOP(=O)(OCC)C1(C)OC1(C)C. The van der Waals surface area contributed by atoms with Gasteiger partial charge in [-0.05, 0) is 34.6 Å². The molecule has 0 bridgehead atoms. The van der Waals surface area contributed by atoms with Crippen molar-refractivity contribution in [2.24, 2.45) is 0 Å². The van der Waals surface area contributed by atoms with E-state index >= 15 is 0 Å². The Morgan fingerprint density at radius 2 is 1.50 bits per heavy atom. The van der Waals surface area contributed by atoms with Crippen LogP contribution in [0.25, 0.3) is 0 Å². The van der Waals surface area contributed by atoms with Gasteiger partial charge in [0.05, 0.1) is 13.2 Å². The molecule has 84 valence electrons. The van der Waals surface area contributed by atoms with E-state index in [0.29, 0.717) is 13.2 Å². The third kappa shape index (κ3) is 1.65. The monoisotopic (exact) mass is 222 g/mol. The predicted molar refractivity (Wildman–Crippen MR) is 54.4 cm³/mol. The Morgan fingerprint density at radius 1 is 1.14 bits per heavy atom. The van der Waals surface area contributed by atoms with Crippen LogP contribution < -0.4 is 0 Å². The number of hydrogen-bond donors (Lipinski definition) is 0. The Hall–Kier alpha value is 0.110. The molecule has 14 heavy (non-hydrogen) atoms. The maximum Gasteiger partial charge on any atom is 0.364 e. The Balaban J connectivity index is 2.85. The summed E-state index contributed by atoms with van der Waals surface area (Å²) < 4.78 is 28.3. The predicted octanol–water partition coefficient (Wildman–Crippen LogP) is 2.78. The molecule has 1 saturated heterocycles. The molecule has 1 rings (SSSR count). The van der Waals surface area contributed by atoms with Crippen molar-refractivity contribution in [1.82, 2.24) is 0 Å². The van der Waals surface area contributed by atoms with E-state index in [4.69, 9.17) is 13.8 Å². The molecule has 0 aromatic carbocycles. The van der Waals surface area contributed by atoms with Crippen LogP contribution in [-0.4, -0.2) is 24.2 Å². The van der Waals surface area contributed by atoms with E-state index in [1.807, 2.05) is 13.8 Å². The van der Waals surface area contributed by atoms with Gasteiger partial charge in [0, 0.05) is 0 Å². The average molecular weight is 222 g/mol. The largest absolute Gasteiger partial charge is 0.364 e. The Morgan fingerprint density at radius 3 is 1.71 bits per heavy atom. The Kier molecular flexibility index (Phi) is 3.13. The lowest BCUT2D eigenvalue weighted by Gasteiger charge is -2.22. The van der Waals surface area contributed by atoms with E-state index < -0.39 is 18.5 Å². The van der Waals surface area contributed by atoms with Crippen molar-refractivity contribution in [2.75, 3.05) is 13.2 Å². The molecule has 0 aromatic rings. The summed E-state index contributed by atoms with van der Waals surface area (Å²) in [5.41, 5.74) is -0.424. The highest BCUT2D eigenvalue weighted by Crippen LogP contribution is 2.73. The van der Waals surface area contributed by atoms with Crippen molar-refractivity contribution >= 4 is 7.60 Å². The first kappa shape index (κ1) is 12.2. The van der Waals surface area contributed by atoms with Gasteiger partial charge in [-0.25, -0.2) is 0 Å². The second-order valence-electron chi connectivity index (χ2n) is 3.93. The van der Waals surface area contributed by atoms with Gasteiger partial charge in [-0.15, -0.1) is 0 Å². The lowest BCUT2D eigenvalue weighted by Crippen LogP contribution is -2.20. The molecule has 0 spiro atoms. The number of epoxide rings is 1. The minimum atomic E-state index is -3.14. The van der Waals surface area contributed by atoms with E-state index in [2.05, 4.69) is 0 Å². The quantitative estimate of drug-likeness (QED) is 0.530. The van der Waals surface area contributed by atoms with Gasteiger partial charge in [-0.1, -0.05) is 0 Å². The van der Waals surface area contributed by atoms with Crippen LogP contribution in [0.3, 0.4) is 0 Å². The van der Waals surface area contributed by atoms with Crippen LogP contribution in [0.5, 0.6) is 0 Å². The summed E-state index contributed by atoms with van der Waals surface area (Å²) >= 11 is 0. The molecule has 0 saturated carbocycles. The summed E-state index contributed by atoms with van der Waals surface area (Å²) in [6, 6.07) is 0. The topological polar surface area (TPSA) is 48.1 Å². The second kappa shape index (κ2) is 3.60. The Bertz CT molecular complexity index is 254. The first-order chi connectivity index (χ1) is 6.33. The molecule has 1 aliphatic heterocycles. The van der Waals surface area contributed by atoms with Crippen molar-refractivity contribution in [1.29, 1.82) is 0 Å². The molecular formula is C9H19O4P. The van der Waals surface area contributed by atoms with Crippen molar-refractivity contribution in [3.05, 3.63) is 0 Å². The van der Waals surface area contributed by atoms with Crippen molar-refractivity contribution in [3.63, 3.8) is 0 Å². The molecule has 0 aliphatic carbocycles. The van der Waals surface area contributed by atoms with Gasteiger partial charge < -0.3 is 13.8 Å². The molecule has 1 fully saturated rings. The van der Waals surface area contributed by atoms with Crippen LogP contribution in [0.2, 0.25) is 0 Å². The van der Waals surface area contributed by atoms with Gasteiger partial charge in [0.15, 0.2) is 5.34 Å². The fourth-order valence-corrected chi connectivity index (χ4v) is 3.73. The first-order valence-electron chi connectivity index (χ1n) is 4.92. The fourth-order valence-electron chi connectivity index (χ4n) is 1.48. The Labute approximate surface area is 85.5 Å². The molecule has 0 aromatic heterocycles. The molecule has 1 heterocycles. The standard InChI is InChI=1S/C9H19O4P/c1-6-11-14(10,12-7-2)9(5)8(3,4)13-9/h6-7H2,1-5H3. The van der Waals surface area contributed by atoms with Crippen LogP contribution in [0.15, 0.2) is 0 Å². The zero-order chi connectivity index (χ0) is 11.0. The molecule has 0 N–H and O–H groups in total. The molecule has 0 radical (unpaired) electrons. The van der Waals surface area contributed by atoms with Gasteiger partial charge in [0.2, 0.25) is 0 Å². The number of ether oxygens (including phenoxy) is 1. The fraction of sp³-hybridized carbons (Fsp3) is 1.00. The van der Waals surface area contributed by atoms with Gasteiger partial charge >= 0.3 is 7.60 Å². The summed E-state index contributed by atoms with van der Waals surface area (Å²) in [7, 11) is -3.14. The molecular weight excluding hydrogens is 203 g/mol. The van der Waals surface area contributed by atoms with Crippen LogP contribution in [-0.2, 0) is 18.3 Å². The average Bonchev–Trinajstić information content (AvgIpc) is 2.54. The van der Waals surface area contributed by atoms with Crippen LogP contribution >= 0.6 is 7.60 Å². The number of rotatable bonds is 5. The zero-order valence-corrected chi connectivity index (χ0v) is 10.4. The number of hydrogen-bond acceptors (Lipinski definition) is 4. The van der Waals surface area contributed by atoms with E-state index in [0.717, 1.165) is 0 Å². The first-order valence-corrected chi connectivity index (χ1v) is 6.46.